The zero-order valence-corrected chi connectivity index (χ0v) is 16.4. The van der Waals surface area contributed by atoms with E-state index in [-0.39, 0.29) is 18.4 Å². The predicted octanol–water partition coefficient (Wildman–Crippen LogP) is 4.31. The summed E-state index contributed by atoms with van der Waals surface area (Å²) in [5, 5.41) is 8.70. The average Bonchev–Trinajstić information content (AvgIpc) is 2.74. The Morgan fingerprint density at radius 2 is 1.48 bits per heavy atom. The highest BCUT2D eigenvalue weighted by Crippen LogP contribution is 2.23. The highest BCUT2D eigenvalue weighted by molar-refractivity contribution is 6.05. The highest BCUT2D eigenvalue weighted by atomic mass is 16.5. The van der Waals surface area contributed by atoms with Gasteiger partial charge in [-0.15, -0.1) is 0 Å². The van der Waals surface area contributed by atoms with E-state index < -0.39 is 0 Å². The molecule has 0 fully saturated rings. The van der Waals surface area contributed by atoms with Crippen LogP contribution in [0.15, 0.2) is 72.8 Å². The lowest BCUT2D eigenvalue weighted by molar-refractivity contribution is -0.114. The minimum absolute atomic E-state index is 0.152. The van der Waals surface area contributed by atoms with E-state index in [1.807, 2.05) is 43.3 Å². The van der Waals surface area contributed by atoms with Crippen LogP contribution in [0, 0.1) is 6.92 Å². The van der Waals surface area contributed by atoms with Crippen molar-refractivity contribution in [3.63, 3.8) is 0 Å². The Bertz CT molecular complexity index is 983. The van der Waals surface area contributed by atoms with E-state index in [1.54, 1.807) is 43.5 Å². The number of aryl methyl sites for hydroxylation is 1. The van der Waals surface area contributed by atoms with E-state index in [1.165, 1.54) is 0 Å². The van der Waals surface area contributed by atoms with E-state index in [4.69, 9.17) is 4.74 Å². The molecule has 0 aliphatic heterocycles. The zero-order chi connectivity index (χ0) is 20.6. The molecule has 0 bridgehead atoms. The molecular weight excluding hydrogens is 366 g/mol. The molecule has 0 aliphatic carbocycles. The third-order valence-corrected chi connectivity index (χ3v) is 4.29. The lowest BCUT2D eigenvalue weighted by Gasteiger charge is -2.11. The quantitative estimate of drug-likeness (QED) is 0.563. The molecular formula is C23H23N3O3. The van der Waals surface area contributed by atoms with E-state index in [2.05, 4.69) is 16.0 Å². The third kappa shape index (κ3) is 5.59. The van der Waals surface area contributed by atoms with Crippen LogP contribution in [0.25, 0.3) is 0 Å². The van der Waals surface area contributed by atoms with Gasteiger partial charge in [-0.1, -0.05) is 29.8 Å². The number of carbonyl (C=O) groups excluding carboxylic acids is 2. The van der Waals surface area contributed by atoms with Crippen molar-refractivity contribution in [1.29, 1.82) is 0 Å². The average molecular weight is 389 g/mol. The van der Waals surface area contributed by atoms with Gasteiger partial charge in [0.25, 0.3) is 5.91 Å². The minimum Gasteiger partial charge on any atom is -0.495 e. The van der Waals surface area contributed by atoms with Gasteiger partial charge in [-0.05, 0) is 55.5 Å². The van der Waals surface area contributed by atoms with Crippen LogP contribution in [0.5, 0.6) is 5.75 Å². The summed E-state index contributed by atoms with van der Waals surface area (Å²) in [6.45, 7) is 2.16. The number of ether oxygens (including phenoxy) is 1. The number of hydrogen-bond donors (Lipinski definition) is 3. The number of nitrogens with one attached hydrogen (secondary N) is 3. The van der Waals surface area contributed by atoms with Crippen molar-refractivity contribution in [3.05, 3.63) is 83.9 Å². The molecule has 0 saturated carbocycles. The van der Waals surface area contributed by atoms with E-state index in [0.29, 0.717) is 22.7 Å². The molecule has 0 saturated heterocycles. The minimum atomic E-state index is -0.256. The molecule has 0 unspecified atom stereocenters. The largest absolute Gasteiger partial charge is 0.495 e. The van der Waals surface area contributed by atoms with Crippen LogP contribution in [-0.4, -0.2) is 25.5 Å². The Kier molecular flexibility index (Phi) is 6.47. The summed E-state index contributed by atoms with van der Waals surface area (Å²) in [5.41, 5.74) is 3.74. The molecule has 0 aromatic heterocycles. The van der Waals surface area contributed by atoms with Crippen molar-refractivity contribution in [1.82, 2.24) is 0 Å². The van der Waals surface area contributed by atoms with Crippen LogP contribution in [0.4, 0.5) is 17.1 Å². The van der Waals surface area contributed by atoms with Crippen LogP contribution < -0.4 is 20.7 Å². The van der Waals surface area contributed by atoms with E-state index in [0.717, 1.165) is 11.3 Å². The van der Waals surface area contributed by atoms with Crippen molar-refractivity contribution in [2.45, 2.75) is 6.92 Å². The van der Waals surface area contributed by atoms with Gasteiger partial charge in [0.1, 0.15) is 5.75 Å². The molecule has 148 valence electrons. The molecule has 0 heterocycles. The summed E-state index contributed by atoms with van der Waals surface area (Å²) >= 11 is 0. The molecule has 3 aromatic carbocycles. The van der Waals surface area contributed by atoms with Gasteiger partial charge in [0.2, 0.25) is 5.91 Å². The van der Waals surface area contributed by atoms with Crippen molar-refractivity contribution < 1.29 is 14.3 Å². The number of carbonyl (C=O) groups is 2. The molecule has 0 atom stereocenters. The standard InChI is InChI=1S/C23H23N3O3/c1-16-7-11-18(12-8-16)24-15-22(27)25-19-13-9-17(10-14-19)23(28)26-20-5-3-4-6-21(20)29-2/h3-14,24H,15H2,1-2H3,(H,25,27)(H,26,28). The Morgan fingerprint density at radius 3 is 2.17 bits per heavy atom. The monoisotopic (exact) mass is 389 g/mol. The first-order valence-corrected chi connectivity index (χ1v) is 9.20. The number of rotatable bonds is 7. The van der Waals surface area contributed by atoms with Gasteiger partial charge in [0.05, 0.1) is 19.3 Å². The number of benzene rings is 3. The second-order valence-corrected chi connectivity index (χ2v) is 6.50. The highest BCUT2D eigenvalue weighted by Gasteiger charge is 2.10. The first-order chi connectivity index (χ1) is 14.0. The third-order valence-electron chi connectivity index (χ3n) is 4.29. The zero-order valence-electron chi connectivity index (χ0n) is 16.4. The maximum Gasteiger partial charge on any atom is 0.255 e. The van der Waals surface area contributed by atoms with Crippen molar-refractivity contribution >= 4 is 28.9 Å². The van der Waals surface area contributed by atoms with Crippen LogP contribution in [0.1, 0.15) is 15.9 Å². The molecule has 0 aliphatic rings. The summed E-state index contributed by atoms with van der Waals surface area (Å²) in [4.78, 5) is 24.6. The van der Waals surface area contributed by atoms with Gasteiger partial charge in [-0.3, -0.25) is 9.59 Å². The normalized spacial score (nSPS) is 10.1. The molecule has 29 heavy (non-hydrogen) atoms. The predicted molar refractivity (Wildman–Crippen MR) is 116 cm³/mol. The fourth-order valence-electron chi connectivity index (χ4n) is 2.71. The Morgan fingerprint density at radius 1 is 0.828 bits per heavy atom. The van der Waals surface area contributed by atoms with Gasteiger partial charge in [0, 0.05) is 16.9 Å². The van der Waals surface area contributed by atoms with Crippen LogP contribution in [-0.2, 0) is 4.79 Å². The number of amides is 2. The summed E-state index contributed by atoms with van der Waals surface area (Å²) in [5.74, 6) is 0.163. The molecule has 3 rings (SSSR count). The summed E-state index contributed by atoms with van der Waals surface area (Å²) in [7, 11) is 1.55. The van der Waals surface area contributed by atoms with Crippen LogP contribution in [0.3, 0.4) is 0 Å². The SMILES string of the molecule is COc1ccccc1NC(=O)c1ccc(NC(=O)CNc2ccc(C)cc2)cc1. The van der Waals surface area contributed by atoms with Crippen molar-refractivity contribution in [2.24, 2.45) is 0 Å². The van der Waals surface area contributed by atoms with Crippen LogP contribution >= 0.6 is 0 Å². The fourth-order valence-corrected chi connectivity index (χ4v) is 2.71. The first kappa shape index (κ1) is 19.9. The summed E-state index contributed by atoms with van der Waals surface area (Å²) in [6.07, 6.45) is 0. The van der Waals surface area contributed by atoms with Crippen molar-refractivity contribution in [3.8, 4) is 5.75 Å². The maximum absolute atomic E-state index is 12.4. The van der Waals surface area contributed by atoms with Gasteiger partial charge in [-0.25, -0.2) is 0 Å². The number of methoxy groups -OCH3 is 1. The van der Waals surface area contributed by atoms with Crippen molar-refractivity contribution in [2.75, 3.05) is 29.6 Å². The molecule has 3 aromatic rings. The molecule has 2 amide bonds. The molecule has 6 heteroatoms. The summed E-state index contributed by atoms with van der Waals surface area (Å²) < 4.78 is 5.24. The van der Waals surface area contributed by atoms with E-state index in [9.17, 15) is 9.59 Å². The Labute approximate surface area is 169 Å². The lowest BCUT2D eigenvalue weighted by Crippen LogP contribution is -2.21. The van der Waals surface area contributed by atoms with Gasteiger partial charge in [-0.2, -0.15) is 0 Å². The second kappa shape index (κ2) is 9.41. The van der Waals surface area contributed by atoms with Crippen LogP contribution in [0.2, 0.25) is 0 Å². The number of hydrogen-bond acceptors (Lipinski definition) is 4. The fraction of sp³-hybridized carbons (Fsp3) is 0.130. The van der Waals surface area contributed by atoms with E-state index >= 15 is 0 Å². The molecule has 3 N–H and O–H groups in total. The first-order valence-electron chi connectivity index (χ1n) is 9.20. The number of para-hydroxylation sites is 2. The van der Waals surface area contributed by atoms with Gasteiger partial charge < -0.3 is 20.7 Å². The number of anilines is 3. The Hall–Kier alpha value is -3.80. The Balaban J connectivity index is 1.54. The molecule has 0 spiro atoms. The maximum atomic E-state index is 12.4. The van der Waals surface area contributed by atoms with Gasteiger partial charge >= 0.3 is 0 Å². The second-order valence-electron chi connectivity index (χ2n) is 6.50. The topological polar surface area (TPSA) is 79.5 Å². The smallest absolute Gasteiger partial charge is 0.255 e. The van der Waals surface area contributed by atoms with Gasteiger partial charge in [0.15, 0.2) is 0 Å². The summed E-state index contributed by atoms with van der Waals surface area (Å²) in [6, 6.07) is 21.7. The lowest BCUT2D eigenvalue weighted by atomic mass is 10.2. The molecule has 6 nitrogen and oxygen atoms in total. The molecule has 0 radical (unpaired) electrons.